The molecule has 0 bridgehead atoms. The van der Waals surface area contributed by atoms with Crippen molar-refractivity contribution in [2.45, 2.75) is 45.8 Å². The summed E-state index contributed by atoms with van der Waals surface area (Å²) < 4.78 is 2.22. The highest BCUT2D eigenvalue weighted by molar-refractivity contribution is 7.98. The lowest BCUT2D eigenvalue weighted by Gasteiger charge is -2.16. The van der Waals surface area contributed by atoms with Gasteiger partial charge in [-0.2, -0.15) is 11.8 Å². The molecule has 1 unspecified atom stereocenters. The zero-order valence-electron chi connectivity index (χ0n) is 10.7. The summed E-state index contributed by atoms with van der Waals surface area (Å²) in [5.41, 5.74) is 1.27. The smallest absolute Gasteiger partial charge is 0.0951 e. The van der Waals surface area contributed by atoms with Crippen LogP contribution in [0.5, 0.6) is 0 Å². The Morgan fingerprint density at radius 3 is 2.81 bits per heavy atom. The van der Waals surface area contributed by atoms with E-state index >= 15 is 0 Å². The fourth-order valence-electron chi connectivity index (χ4n) is 1.61. The zero-order chi connectivity index (χ0) is 12.0. The van der Waals surface area contributed by atoms with E-state index in [0.717, 1.165) is 6.54 Å². The van der Waals surface area contributed by atoms with Crippen molar-refractivity contribution in [3.8, 4) is 0 Å². The van der Waals surface area contributed by atoms with E-state index in [4.69, 9.17) is 0 Å². The van der Waals surface area contributed by atoms with Crippen molar-refractivity contribution < 1.29 is 0 Å². The van der Waals surface area contributed by atoms with Crippen LogP contribution in [0.25, 0.3) is 0 Å². The molecule has 0 radical (unpaired) electrons. The van der Waals surface area contributed by atoms with Gasteiger partial charge in [-0.05, 0) is 39.2 Å². The first kappa shape index (κ1) is 13.6. The van der Waals surface area contributed by atoms with Crippen LogP contribution in [-0.4, -0.2) is 27.6 Å². The lowest BCUT2D eigenvalue weighted by Crippen LogP contribution is -2.27. The highest BCUT2D eigenvalue weighted by Crippen LogP contribution is 2.09. The first-order valence-corrected chi connectivity index (χ1v) is 7.27. The topological polar surface area (TPSA) is 29.9 Å². The van der Waals surface area contributed by atoms with Gasteiger partial charge in [-0.15, -0.1) is 0 Å². The number of thioether (sulfide) groups is 1. The van der Waals surface area contributed by atoms with Gasteiger partial charge in [-0.1, -0.05) is 0 Å². The van der Waals surface area contributed by atoms with Crippen LogP contribution in [0.3, 0.4) is 0 Å². The van der Waals surface area contributed by atoms with Gasteiger partial charge in [0, 0.05) is 24.8 Å². The molecule has 0 aromatic carbocycles. The van der Waals surface area contributed by atoms with Crippen LogP contribution in [0.2, 0.25) is 0 Å². The number of hydrogen-bond donors (Lipinski definition) is 1. The number of hydrogen-bond acceptors (Lipinski definition) is 3. The second-order valence-corrected chi connectivity index (χ2v) is 5.44. The van der Waals surface area contributed by atoms with E-state index in [1.54, 1.807) is 0 Å². The van der Waals surface area contributed by atoms with Crippen LogP contribution in [0.1, 0.15) is 38.9 Å². The van der Waals surface area contributed by atoms with E-state index in [1.807, 2.05) is 24.3 Å². The number of nitrogens with zero attached hydrogens (tertiary/aromatic N) is 2. The molecule has 0 aliphatic rings. The Morgan fingerprint density at radius 2 is 2.19 bits per heavy atom. The number of aromatic nitrogens is 2. The van der Waals surface area contributed by atoms with E-state index in [-0.39, 0.29) is 0 Å². The molecule has 0 saturated carbocycles. The molecule has 3 nitrogen and oxygen atoms in total. The Morgan fingerprint density at radius 1 is 1.44 bits per heavy atom. The van der Waals surface area contributed by atoms with Gasteiger partial charge in [0.2, 0.25) is 0 Å². The number of nitrogens with one attached hydrogen (secondary N) is 1. The molecule has 1 rings (SSSR count). The minimum atomic E-state index is 0.487. The third-order valence-corrected chi connectivity index (χ3v) is 3.33. The van der Waals surface area contributed by atoms with Crippen LogP contribution in [0, 0.1) is 0 Å². The zero-order valence-corrected chi connectivity index (χ0v) is 11.5. The molecule has 1 atom stereocenters. The number of imidazole rings is 1. The Balaban J connectivity index is 2.39. The van der Waals surface area contributed by atoms with E-state index in [9.17, 15) is 0 Å². The molecule has 1 aromatic heterocycles. The quantitative estimate of drug-likeness (QED) is 0.796. The second kappa shape index (κ2) is 6.97. The third kappa shape index (κ3) is 4.18. The monoisotopic (exact) mass is 241 g/mol. The first-order chi connectivity index (χ1) is 7.65. The van der Waals surface area contributed by atoms with Gasteiger partial charge < -0.3 is 9.88 Å². The highest BCUT2D eigenvalue weighted by Gasteiger charge is 2.06. The molecule has 0 spiro atoms. The molecule has 0 amide bonds. The van der Waals surface area contributed by atoms with Crippen molar-refractivity contribution >= 4 is 11.8 Å². The highest BCUT2D eigenvalue weighted by atomic mass is 32.2. The van der Waals surface area contributed by atoms with Gasteiger partial charge in [0.05, 0.1) is 12.0 Å². The summed E-state index contributed by atoms with van der Waals surface area (Å²) in [5, 5.41) is 3.54. The predicted molar refractivity (Wildman–Crippen MR) is 71.9 cm³/mol. The second-order valence-electron chi connectivity index (χ2n) is 4.45. The van der Waals surface area contributed by atoms with Gasteiger partial charge in [0.1, 0.15) is 0 Å². The standard InChI is InChI=1S/C12H23N3S/c1-10(2)15-9-13-7-12(15)8-14-11(3)5-6-16-4/h7,9-11,14H,5-6,8H2,1-4H3. The van der Waals surface area contributed by atoms with E-state index in [0.29, 0.717) is 12.1 Å². The average Bonchev–Trinajstić information content (AvgIpc) is 2.71. The molecule has 4 heteroatoms. The molecular weight excluding hydrogens is 218 g/mol. The van der Waals surface area contributed by atoms with Crippen molar-refractivity contribution in [2.75, 3.05) is 12.0 Å². The largest absolute Gasteiger partial charge is 0.331 e. The van der Waals surface area contributed by atoms with Crippen molar-refractivity contribution in [1.82, 2.24) is 14.9 Å². The molecule has 0 aliphatic heterocycles. The minimum Gasteiger partial charge on any atom is -0.331 e. The Bertz CT molecular complexity index is 296. The van der Waals surface area contributed by atoms with Crippen LogP contribution in [0.15, 0.2) is 12.5 Å². The van der Waals surface area contributed by atoms with Crippen LogP contribution >= 0.6 is 11.8 Å². The summed E-state index contributed by atoms with van der Waals surface area (Å²) in [6.07, 6.45) is 7.24. The van der Waals surface area contributed by atoms with Gasteiger partial charge in [-0.3, -0.25) is 0 Å². The van der Waals surface area contributed by atoms with E-state index in [2.05, 4.69) is 41.9 Å². The van der Waals surface area contributed by atoms with E-state index in [1.165, 1.54) is 17.9 Å². The Kier molecular flexibility index (Phi) is 5.91. The van der Waals surface area contributed by atoms with Crippen molar-refractivity contribution in [3.63, 3.8) is 0 Å². The summed E-state index contributed by atoms with van der Waals surface area (Å²) in [7, 11) is 0. The average molecular weight is 241 g/mol. The lowest BCUT2D eigenvalue weighted by atomic mass is 10.2. The van der Waals surface area contributed by atoms with Crippen LogP contribution in [0.4, 0.5) is 0 Å². The fourth-order valence-corrected chi connectivity index (χ4v) is 2.20. The maximum absolute atomic E-state index is 4.20. The normalized spacial score (nSPS) is 13.3. The van der Waals surface area contributed by atoms with Crippen LogP contribution in [-0.2, 0) is 6.54 Å². The van der Waals surface area contributed by atoms with Gasteiger partial charge in [0.15, 0.2) is 0 Å². The lowest BCUT2D eigenvalue weighted by molar-refractivity contribution is 0.501. The molecule has 0 fully saturated rings. The molecule has 1 aromatic rings. The third-order valence-electron chi connectivity index (χ3n) is 2.69. The van der Waals surface area contributed by atoms with Crippen LogP contribution < -0.4 is 5.32 Å². The Hall–Kier alpha value is -0.480. The molecule has 1 N–H and O–H groups in total. The minimum absolute atomic E-state index is 0.487. The Labute approximate surface area is 103 Å². The predicted octanol–water partition coefficient (Wildman–Crippen LogP) is 2.70. The summed E-state index contributed by atoms with van der Waals surface area (Å²) in [6, 6.07) is 1.06. The fraction of sp³-hybridized carbons (Fsp3) is 0.750. The van der Waals surface area contributed by atoms with E-state index < -0.39 is 0 Å². The maximum atomic E-state index is 4.20. The summed E-state index contributed by atoms with van der Waals surface area (Å²) in [5.74, 6) is 1.22. The van der Waals surface area contributed by atoms with Gasteiger partial charge in [-0.25, -0.2) is 4.98 Å². The molecule has 0 saturated heterocycles. The molecule has 1 heterocycles. The van der Waals surface area contributed by atoms with Crippen molar-refractivity contribution in [2.24, 2.45) is 0 Å². The molecule has 0 aliphatic carbocycles. The summed E-state index contributed by atoms with van der Waals surface area (Å²) >= 11 is 1.90. The van der Waals surface area contributed by atoms with Gasteiger partial charge >= 0.3 is 0 Å². The SMILES string of the molecule is CSCCC(C)NCc1cncn1C(C)C. The maximum Gasteiger partial charge on any atom is 0.0951 e. The summed E-state index contributed by atoms with van der Waals surface area (Å²) in [6.45, 7) is 7.52. The number of rotatable bonds is 7. The van der Waals surface area contributed by atoms with Crippen molar-refractivity contribution in [1.29, 1.82) is 0 Å². The molecule has 92 valence electrons. The molecular formula is C12H23N3S. The molecule has 16 heavy (non-hydrogen) atoms. The summed E-state index contributed by atoms with van der Waals surface area (Å²) in [4.78, 5) is 4.20. The van der Waals surface area contributed by atoms with Gasteiger partial charge in [0.25, 0.3) is 0 Å². The first-order valence-electron chi connectivity index (χ1n) is 5.88. The van der Waals surface area contributed by atoms with Crippen molar-refractivity contribution in [3.05, 3.63) is 18.2 Å².